The van der Waals surface area contributed by atoms with Crippen LogP contribution in [-0.4, -0.2) is 12.5 Å². The Morgan fingerprint density at radius 1 is 1.17 bits per heavy atom. The van der Waals surface area contributed by atoms with Crippen LogP contribution in [0.3, 0.4) is 0 Å². The highest BCUT2D eigenvalue weighted by Crippen LogP contribution is 2.27. The fourth-order valence-electron chi connectivity index (χ4n) is 2.30. The van der Waals surface area contributed by atoms with Crippen molar-refractivity contribution in [1.82, 2.24) is 5.32 Å². The quantitative estimate of drug-likeness (QED) is 0.771. The third kappa shape index (κ3) is 5.15. The Kier molecular flexibility index (Phi) is 6.52. The van der Waals surface area contributed by atoms with Gasteiger partial charge in [-0.05, 0) is 47.7 Å². The highest BCUT2D eigenvalue weighted by molar-refractivity contribution is 6.35. The number of aryl methyl sites for hydroxylation is 1. The van der Waals surface area contributed by atoms with E-state index in [9.17, 15) is 4.79 Å². The normalized spacial score (nSPS) is 10.8. The minimum Gasteiger partial charge on any atom is -0.483 e. The number of halogens is 2. The summed E-state index contributed by atoms with van der Waals surface area (Å²) in [7, 11) is 0. The van der Waals surface area contributed by atoms with Crippen molar-refractivity contribution in [3.63, 3.8) is 0 Å². The van der Waals surface area contributed by atoms with Crippen LogP contribution in [0, 0.1) is 6.92 Å². The van der Waals surface area contributed by atoms with Crippen LogP contribution in [0.1, 0.15) is 36.5 Å². The maximum absolute atomic E-state index is 12.0. The van der Waals surface area contributed by atoms with Gasteiger partial charge in [-0.2, -0.15) is 0 Å². The second-order valence-corrected chi connectivity index (χ2v) is 6.84. The van der Waals surface area contributed by atoms with Crippen LogP contribution in [0.25, 0.3) is 0 Å². The van der Waals surface area contributed by atoms with Crippen LogP contribution in [0.5, 0.6) is 5.75 Å². The van der Waals surface area contributed by atoms with E-state index in [2.05, 4.69) is 19.2 Å². The lowest BCUT2D eigenvalue weighted by Gasteiger charge is -2.15. The number of amides is 1. The highest BCUT2D eigenvalue weighted by Gasteiger charge is 2.10. The van der Waals surface area contributed by atoms with E-state index in [1.165, 1.54) is 0 Å². The first-order chi connectivity index (χ1) is 11.4. The van der Waals surface area contributed by atoms with Crippen molar-refractivity contribution in [2.45, 2.75) is 33.2 Å². The topological polar surface area (TPSA) is 38.3 Å². The Morgan fingerprint density at radius 3 is 2.58 bits per heavy atom. The minimum absolute atomic E-state index is 0.0334. The van der Waals surface area contributed by atoms with Crippen LogP contribution < -0.4 is 10.1 Å². The predicted octanol–water partition coefficient (Wildman–Crippen LogP) is 5.12. The van der Waals surface area contributed by atoms with Crippen molar-refractivity contribution < 1.29 is 9.53 Å². The second kappa shape index (κ2) is 8.41. The first-order valence-electron chi connectivity index (χ1n) is 7.80. The molecule has 0 bridgehead atoms. The molecule has 2 aromatic rings. The summed E-state index contributed by atoms with van der Waals surface area (Å²) < 4.78 is 5.71. The van der Waals surface area contributed by atoms with Crippen molar-refractivity contribution in [2.75, 3.05) is 6.61 Å². The lowest BCUT2D eigenvalue weighted by Crippen LogP contribution is -2.28. The van der Waals surface area contributed by atoms with Crippen LogP contribution in [0.15, 0.2) is 36.4 Å². The molecule has 1 N–H and O–H groups in total. The summed E-state index contributed by atoms with van der Waals surface area (Å²) >= 11 is 12.0. The van der Waals surface area contributed by atoms with Gasteiger partial charge < -0.3 is 10.1 Å². The molecule has 0 saturated carbocycles. The van der Waals surface area contributed by atoms with Crippen LogP contribution in [0.2, 0.25) is 10.0 Å². The zero-order valence-corrected chi connectivity index (χ0v) is 15.5. The number of hydrogen-bond acceptors (Lipinski definition) is 2. The molecular weight excluding hydrogens is 345 g/mol. The van der Waals surface area contributed by atoms with Gasteiger partial charge in [0.2, 0.25) is 0 Å². The number of carbonyl (C=O) groups excluding carboxylic acids is 1. The summed E-state index contributed by atoms with van der Waals surface area (Å²) in [5.41, 5.74) is 3.00. The van der Waals surface area contributed by atoms with E-state index in [1.54, 1.807) is 18.2 Å². The van der Waals surface area contributed by atoms with E-state index in [0.29, 0.717) is 22.5 Å². The Hall–Kier alpha value is -1.71. The number of hydrogen-bond donors (Lipinski definition) is 1. The second-order valence-electron chi connectivity index (χ2n) is 6.00. The fraction of sp³-hybridized carbons (Fsp3) is 0.316. The molecule has 5 heteroatoms. The molecular formula is C19H21Cl2NO2. The Bertz CT molecular complexity index is 729. The van der Waals surface area contributed by atoms with Crippen molar-refractivity contribution in [2.24, 2.45) is 0 Å². The molecule has 0 heterocycles. The molecule has 0 unspecified atom stereocenters. The molecule has 2 aromatic carbocycles. The smallest absolute Gasteiger partial charge is 0.258 e. The Morgan fingerprint density at radius 2 is 1.92 bits per heavy atom. The summed E-state index contributed by atoms with van der Waals surface area (Å²) in [6, 6.07) is 11.2. The van der Waals surface area contributed by atoms with Crippen LogP contribution in [0.4, 0.5) is 0 Å². The Labute approximate surface area is 152 Å². The standard InChI is InChI=1S/C19H21Cl2NO2/c1-12(2)16-7-4-13(3)8-18(16)24-11-19(23)22-10-14-5-6-15(20)9-17(14)21/h4-9,12H,10-11H2,1-3H3,(H,22,23). The maximum Gasteiger partial charge on any atom is 0.258 e. The van der Waals surface area contributed by atoms with E-state index in [4.69, 9.17) is 27.9 Å². The lowest BCUT2D eigenvalue weighted by molar-refractivity contribution is -0.123. The first-order valence-corrected chi connectivity index (χ1v) is 8.56. The third-order valence-electron chi connectivity index (χ3n) is 3.64. The van der Waals surface area contributed by atoms with Crippen LogP contribution >= 0.6 is 23.2 Å². The molecule has 0 aliphatic carbocycles. The average Bonchev–Trinajstić information content (AvgIpc) is 2.51. The van der Waals surface area contributed by atoms with Gasteiger partial charge in [0.05, 0.1) is 0 Å². The molecule has 3 nitrogen and oxygen atoms in total. The molecule has 24 heavy (non-hydrogen) atoms. The van der Waals surface area contributed by atoms with Gasteiger partial charge >= 0.3 is 0 Å². The average molecular weight is 366 g/mol. The largest absolute Gasteiger partial charge is 0.483 e. The third-order valence-corrected chi connectivity index (χ3v) is 4.23. The molecule has 2 rings (SSSR count). The monoisotopic (exact) mass is 365 g/mol. The zero-order chi connectivity index (χ0) is 17.7. The van der Waals surface area contributed by atoms with E-state index < -0.39 is 0 Å². The molecule has 0 aliphatic heterocycles. The predicted molar refractivity (Wildman–Crippen MR) is 99.1 cm³/mol. The fourth-order valence-corrected chi connectivity index (χ4v) is 2.77. The van der Waals surface area contributed by atoms with Gasteiger partial charge in [-0.3, -0.25) is 4.79 Å². The van der Waals surface area contributed by atoms with E-state index in [0.717, 1.165) is 22.4 Å². The van der Waals surface area contributed by atoms with Gasteiger partial charge in [0.1, 0.15) is 5.75 Å². The number of benzene rings is 2. The van der Waals surface area contributed by atoms with Gasteiger partial charge in [0.25, 0.3) is 5.91 Å². The molecule has 128 valence electrons. The first kappa shape index (κ1) is 18.6. The van der Waals surface area contributed by atoms with E-state index >= 15 is 0 Å². The molecule has 0 saturated heterocycles. The maximum atomic E-state index is 12.0. The summed E-state index contributed by atoms with van der Waals surface area (Å²) in [6.45, 7) is 6.50. The molecule has 0 aliphatic rings. The molecule has 0 fully saturated rings. The molecule has 0 spiro atoms. The van der Waals surface area contributed by atoms with Gasteiger partial charge in [-0.25, -0.2) is 0 Å². The van der Waals surface area contributed by atoms with Gasteiger partial charge in [0.15, 0.2) is 6.61 Å². The molecule has 0 atom stereocenters. The van der Waals surface area contributed by atoms with Crippen molar-refractivity contribution in [3.05, 3.63) is 63.1 Å². The van der Waals surface area contributed by atoms with Gasteiger partial charge in [-0.15, -0.1) is 0 Å². The van der Waals surface area contributed by atoms with Crippen LogP contribution in [-0.2, 0) is 11.3 Å². The SMILES string of the molecule is Cc1ccc(C(C)C)c(OCC(=O)NCc2ccc(Cl)cc2Cl)c1. The van der Waals surface area contributed by atoms with E-state index in [1.807, 2.05) is 25.1 Å². The summed E-state index contributed by atoms with van der Waals surface area (Å²) in [6.07, 6.45) is 0. The van der Waals surface area contributed by atoms with E-state index in [-0.39, 0.29) is 12.5 Å². The zero-order valence-electron chi connectivity index (χ0n) is 14.0. The Balaban J connectivity index is 1.93. The number of carbonyl (C=O) groups is 1. The minimum atomic E-state index is -0.197. The van der Waals surface area contributed by atoms with Crippen molar-refractivity contribution >= 4 is 29.1 Å². The highest BCUT2D eigenvalue weighted by atomic mass is 35.5. The summed E-state index contributed by atoms with van der Waals surface area (Å²) in [5.74, 6) is 0.887. The summed E-state index contributed by atoms with van der Waals surface area (Å²) in [4.78, 5) is 12.0. The lowest BCUT2D eigenvalue weighted by atomic mass is 10.0. The van der Waals surface area contributed by atoms with Crippen molar-refractivity contribution in [3.8, 4) is 5.75 Å². The molecule has 0 aromatic heterocycles. The number of rotatable bonds is 6. The van der Waals surface area contributed by atoms with Crippen molar-refractivity contribution in [1.29, 1.82) is 0 Å². The number of nitrogens with one attached hydrogen (secondary N) is 1. The number of ether oxygens (including phenoxy) is 1. The van der Waals surface area contributed by atoms with Gasteiger partial charge in [0, 0.05) is 16.6 Å². The van der Waals surface area contributed by atoms with Gasteiger partial charge in [-0.1, -0.05) is 55.2 Å². The molecule has 1 amide bonds. The summed E-state index contributed by atoms with van der Waals surface area (Å²) in [5, 5.41) is 3.90. The molecule has 0 radical (unpaired) electrons.